The number of carbonyl (C=O) groups is 1. The second-order valence-corrected chi connectivity index (χ2v) is 6.60. The van der Waals surface area contributed by atoms with Gasteiger partial charge in [-0.15, -0.1) is 6.58 Å². The van der Waals surface area contributed by atoms with E-state index >= 15 is 0 Å². The molecule has 1 rings (SSSR count). The molecule has 0 amide bonds. The van der Waals surface area contributed by atoms with Crippen LogP contribution in [0.25, 0.3) is 0 Å². The molecule has 0 saturated heterocycles. The van der Waals surface area contributed by atoms with Crippen LogP contribution in [-0.4, -0.2) is 34.3 Å². The van der Waals surface area contributed by atoms with Gasteiger partial charge < -0.3 is 4.74 Å². The van der Waals surface area contributed by atoms with Gasteiger partial charge >= 0.3 is 5.97 Å². The van der Waals surface area contributed by atoms with Crippen molar-refractivity contribution in [3.05, 3.63) is 42.5 Å². The van der Waals surface area contributed by atoms with Crippen molar-refractivity contribution in [1.82, 2.24) is 5.32 Å². The van der Waals surface area contributed by atoms with E-state index in [1.165, 1.54) is 19.2 Å². The molecule has 1 atom stereocenters. The molecule has 0 aromatic heterocycles. The largest absolute Gasteiger partial charge is 0.467 e. The van der Waals surface area contributed by atoms with E-state index in [2.05, 4.69) is 11.9 Å². The summed E-state index contributed by atoms with van der Waals surface area (Å²) in [6.07, 6.45) is 2.77. The maximum absolute atomic E-state index is 12.0. The number of hydrogen-bond donors (Lipinski definition) is 1. The minimum Gasteiger partial charge on any atom is -0.467 e. The highest BCUT2D eigenvalue weighted by Gasteiger charge is 2.35. The van der Waals surface area contributed by atoms with Gasteiger partial charge in [0.05, 0.1) is 12.0 Å². The summed E-state index contributed by atoms with van der Waals surface area (Å²) in [6.45, 7) is 5.69. The normalized spacial score (nSPS) is 14.3. The number of hydrogen-bond acceptors (Lipinski definition) is 5. The summed E-state index contributed by atoms with van der Waals surface area (Å²) in [4.78, 5) is 12.2. The van der Waals surface area contributed by atoms with Crippen LogP contribution >= 0.6 is 0 Å². The van der Waals surface area contributed by atoms with E-state index in [4.69, 9.17) is 4.74 Å². The van der Waals surface area contributed by atoms with Crippen molar-refractivity contribution in [2.24, 2.45) is 0 Å². The van der Waals surface area contributed by atoms with Gasteiger partial charge in [-0.25, -0.2) is 13.2 Å². The van der Waals surface area contributed by atoms with Gasteiger partial charge in [-0.2, -0.15) is 0 Å². The topological polar surface area (TPSA) is 72.5 Å². The minimum absolute atomic E-state index is 0.206. The molecule has 0 fully saturated rings. The Morgan fingerprint density at radius 3 is 2.35 bits per heavy atom. The van der Waals surface area contributed by atoms with Crippen LogP contribution in [0.5, 0.6) is 0 Å². The summed E-state index contributed by atoms with van der Waals surface area (Å²) in [5.41, 5.74) is -0.433. The zero-order valence-electron chi connectivity index (χ0n) is 11.8. The van der Waals surface area contributed by atoms with Crippen LogP contribution in [0.4, 0.5) is 0 Å². The molecule has 0 spiro atoms. The average molecular weight is 297 g/mol. The second-order valence-electron chi connectivity index (χ2n) is 4.58. The predicted molar refractivity (Wildman–Crippen MR) is 77.1 cm³/mol. The molecule has 5 nitrogen and oxygen atoms in total. The lowest BCUT2D eigenvalue weighted by atomic mass is 9.92. The molecular weight excluding hydrogens is 278 g/mol. The van der Waals surface area contributed by atoms with E-state index in [0.29, 0.717) is 12.1 Å². The third kappa shape index (κ3) is 3.46. The van der Waals surface area contributed by atoms with Crippen LogP contribution < -0.4 is 5.32 Å². The number of nitrogens with one attached hydrogen (secondary N) is 1. The molecule has 0 aliphatic rings. The highest BCUT2D eigenvalue weighted by atomic mass is 32.2. The van der Waals surface area contributed by atoms with Gasteiger partial charge in [-0.05, 0) is 24.6 Å². The SMILES string of the molecule is C=CCNC(C)(C(=O)OC)c1ccc(S(C)(=O)=O)cc1. The van der Waals surface area contributed by atoms with Crippen LogP contribution in [-0.2, 0) is 24.9 Å². The third-order valence-corrected chi connectivity index (χ3v) is 4.18. The molecule has 0 radical (unpaired) electrons. The summed E-state index contributed by atoms with van der Waals surface area (Å²) in [5.74, 6) is -0.452. The van der Waals surface area contributed by atoms with Crippen molar-refractivity contribution < 1.29 is 17.9 Å². The van der Waals surface area contributed by atoms with Crippen LogP contribution in [0.15, 0.2) is 41.8 Å². The van der Waals surface area contributed by atoms with Crippen molar-refractivity contribution in [3.63, 3.8) is 0 Å². The predicted octanol–water partition coefficient (Wildman–Crippen LogP) is 1.25. The Bertz CT molecular complexity index is 592. The van der Waals surface area contributed by atoms with E-state index < -0.39 is 21.3 Å². The molecule has 1 N–H and O–H groups in total. The Morgan fingerprint density at radius 2 is 1.95 bits per heavy atom. The van der Waals surface area contributed by atoms with Gasteiger partial charge in [0.25, 0.3) is 0 Å². The standard InChI is InChI=1S/C14H19NO4S/c1-5-10-15-14(2,13(16)19-3)11-6-8-12(9-7-11)20(4,17)18/h5-9,15H,1,10H2,2-4H3. The Balaban J connectivity index is 3.21. The van der Waals surface area contributed by atoms with Crippen LogP contribution in [0.3, 0.4) is 0 Å². The molecule has 0 saturated carbocycles. The summed E-state index contributed by atoms with van der Waals surface area (Å²) in [6, 6.07) is 6.15. The molecule has 110 valence electrons. The fourth-order valence-corrected chi connectivity index (χ4v) is 2.44. The van der Waals surface area contributed by atoms with Crippen molar-refractivity contribution >= 4 is 15.8 Å². The molecule has 20 heavy (non-hydrogen) atoms. The van der Waals surface area contributed by atoms with Gasteiger partial charge in [0.1, 0.15) is 5.54 Å². The number of sulfone groups is 1. The number of esters is 1. The zero-order valence-corrected chi connectivity index (χ0v) is 12.7. The van der Waals surface area contributed by atoms with Gasteiger partial charge in [0.15, 0.2) is 9.84 Å². The lowest BCUT2D eigenvalue weighted by Crippen LogP contribution is -2.47. The average Bonchev–Trinajstić information content (AvgIpc) is 2.43. The summed E-state index contributed by atoms with van der Waals surface area (Å²) in [7, 11) is -1.95. The van der Waals surface area contributed by atoms with Gasteiger partial charge in [0, 0.05) is 12.8 Å². The highest BCUT2D eigenvalue weighted by molar-refractivity contribution is 7.90. The molecule has 6 heteroatoms. The fourth-order valence-electron chi connectivity index (χ4n) is 1.81. The second kappa shape index (κ2) is 6.19. The maximum atomic E-state index is 12.0. The van der Waals surface area contributed by atoms with Crippen LogP contribution in [0.2, 0.25) is 0 Å². The molecule has 0 aliphatic carbocycles. The lowest BCUT2D eigenvalue weighted by molar-refractivity contribution is -0.148. The molecule has 0 heterocycles. The van der Waals surface area contributed by atoms with Crippen LogP contribution in [0.1, 0.15) is 12.5 Å². The first-order valence-corrected chi connectivity index (χ1v) is 7.90. The third-order valence-electron chi connectivity index (χ3n) is 3.05. The molecular formula is C14H19NO4S. The number of rotatable bonds is 6. The van der Waals surface area contributed by atoms with Gasteiger partial charge in [0.2, 0.25) is 0 Å². The summed E-state index contributed by atoms with van der Waals surface area (Å²) >= 11 is 0. The van der Waals surface area contributed by atoms with E-state index in [-0.39, 0.29) is 4.90 Å². The zero-order chi connectivity index (χ0) is 15.4. The molecule has 1 unspecified atom stereocenters. The smallest absolute Gasteiger partial charge is 0.330 e. The van der Waals surface area contributed by atoms with Crippen molar-refractivity contribution in [1.29, 1.82) is 0 Å². The Kier molecular flexibility index (Phi) is 5.08. The minimum atomic E-state index is -3.26. The molecule has 0 bridgehead atoms. The summed E-state index contributed by atoms with van der Waals surface area (Å²) < 4.78 is 27.7. The Hall–Kier alpha value is -1.66. The van der Waals surface area contributed by atoms with Crippen LogP contribution in [0, 0.1) is 0 Å². The highest BCUT2D eigenvalue weighted by Crippen LogP contribution is 2.24. The Morgan fingerprint density at radius 1 is 1.40 bits per heavy atom. The first-order chi connectivity index (χ1) is 9.25. The number of methoxy groups -OCH3 is 1. The molecule has 0 aliphatic heterocycles. The number of carbonyl (C=O) groups excluding carboxylic acids is 1. The van der Waals surface area contributed by atoms with E-state index in [0.717, 1.165) is 6.26 Å². The first-order valence-electron chi connectivity index (χ1n) is 6.00. The lowest BCUT2D eigenvalue weighted by Gasteiger charge is -2.28. The van der Waals surface area contributed by atoms with E-state index in [1.807, 2.05) is 0 Å². The van der Waals surface area contributed by atoms with E-state index in [9.17, 15) is 13.2 Å². The summed E-state index contributed by atoms with van der Waals surface area (Å²) in [5, 5.41) is 3.03. The van der Waals surface area contributed by atoms with Crippen molar-refractivity contribution in [2.45, 2.75) is 17.4 Å². The monoisotopic (exact) mass is 297 g/mol. The number of ether oxygens (including phenoxy) is 1. The fraction of sp³-hybridized carbons (Fsp3) is 0.357. The van der Waals surface area contributed by atoms with Crippen molar-refractivity contribution in [2.75, 3.05) is 19.9 Å². The first kappa shape index (κ1) is 16.4. The van der Waals surface area contributed by atoms with E-state index in [1.54, 1.807) is 25.1 Å². The molecule has 1 aromatic rings. The Labute approximate surface area is 119 Å². The number of benzene rings is 1. The van der Waals surface area contributed by atoms with Gasteiger partial charge in [-0.3, -0.25) is 5.32 Å². The molecule has 1 aromatic carbocycles. The quantitative estimate of drug-likeness (QED) is 0.632. The maximum Gasteiger partial charge on any atom is 0.330 e. The van der Waals surface area contributed by atoms with Crippen molar-refractivity contribution in [3.8, 4) is 0 Å². The van der Waals surface area contributed by atoms with Gasteiger partial charge in [-0.1, -0.05) is 18.2 Å².